The number of aliphatic hydroxyl groups is 1. The molecule has 0 aromatic heterocycles. The average molecular weight is 345 g/mol. The van der Waals surface area contributed by atoms with Gasteiger partial charge in [0.05, 0.1) is 17.7 Å². The highest BCUT2D eigenvalue weighted by Crippen LogP contribution is 2.51. The maximum atomic E-state index is 14.6. The number of hydrogen-bond donors (Lipinski definition) is 1. The smallest absolute Gasteiger partial charge is 0.237 e. The molecule has 1 N–H and O–H groups in total. The van der Waals surface area contributed by atoms with E-state index in [1.54, 1.807) is 32.0 Å². The Kier molecular flexibility index (Phi) is 3.37. The van der Waals surface area contributed by atoms with Crippen LogP contribution in [0.4, 0.5) is 14.5 Å². The second-order valence-corrected chi connectivity index (χ2v) is 6.88. The van der Waals surface area contributed by atoms with Gasteiger partial charge in [0.15, 0.2) is 11.6 Å². The van der Waals surface area contributed by atoms with Gasteiger partial charge < -0.3 is 9.84 Å². The maximum absolute atomic E-state index is 14.6. The van der Waals surface area contributed by atoms with E-state index in [0.717, 1.165) is 0 Å². The lowest BCUT2D eigenvalue weighted by atomic mass is 9.86. The molecular weight excluding hydrogens is 328 g/mol. The minimum atomic E-state index is -0.923. The van der Waals surface area contributed by atoms with Crippen molar-refractivity contribution in [3.8, 4) is 5.75 Å². The van der Waals surface area contributed by atoms with Gasteiger partial charge in [0, 0.05) is 5.56 Å². The van der Waals surface area contributed by atoms with Gasteiger partial charge in [-0.3, -0.25) is 9.69 Å². The predicted molar refractivity (Wildman–Crippen MR) is 87.6 cm³/mol. The lowest BCUT2D eigenvalue weighted by Crippen LogP contribution is -2.43. The molecule has 0 bridgehead atoms. The molecule has 0 saturated heterocycles. The van der Waals surface area contributed by atoms with Crippen molar-refractivity contribution in [2.75, 3.05) is 11.5 Å². The molecular formula is C19H17F2NO3. The molecule has 25 heavy (non-hydrogen) atoms. The third kappa shape index (κ3) is 2.03. The van der Waals surface area contributed by atoms with Crippen molar-refractivity contribution in [2.45, 2.75) is 31.4 Å². The fourth-order valence-corrected chi connectivity index (χ4v) is 3.79. The van der Waals surface area contributed by atoms with Crippen molar-refractivity contribution in [2.24, 2.45) is 0 Å². The van der Waals surface area contributed by atoms with Crippen LogP contribution in [0.5, 0.6) is 5.75 Å². The number of carbonyl (C=O) groups excluding carboxylic acids is 1. The van der Waals surface area contributed by atoms with Crippen molar-refractivity contribution in [1.29, 1.82) is 0 Å². The minimum absolute atomic E-state index is 0.00180. The number of benzene rings is 2. The second-order valence-electron chi connectivity index (χ2n) is 6.88. The summed E-state index contributed by atoms with van der Waals surface area (Å²) in [5, 5.41) is 9.71. The van der Waals surface area contributed by atoms with Crippen LogP contribution in [-0.4, -0.2) is 23.7 Å². The molecule has 0 aliphatic carbocycles. The van der Waals surface area contributed by atoms with Crippen LogP contribution < -0.4 is 9.64 Å². The number of carbonyl (C=O) groups is 1. The zero-order valence-electron chi connectivity index (χ0n) is 13.8. The largest absolute Gasteiger partial charge is 0.482 e. The number of aliphatic hydroxyl groups excluding tert-OH is 1. The second kappa shape index (κ2) is 5.26. The van der Waals surface area contributed by atoms with Crippen molar-refractivity contribution in [3.05, 3.63) is 59.2 Å². The van der Waals surface area contributed by atoms with Crippen molar-refractivity contribution in [3.63, 3.8) is 0 Å². The van der Waals surface area contributed by atoms with Gasteiger partial charge in [0.1, 0.15) is 18.0 Å². The molecule has 2 heterocycles. The van der Waals surface area contributed by atoms with Crippen molar-refractivity contribution < 1.29 is 23.4 Å². The predicted octanol–water partition coefficient (Wildman–Crippen LogP) is 3.08. The van der Waals surface area contributed by atoms with E-state index in [4.69, 9.17) is 4.74 Å². The van der Waals surface area contributed by atoms with Crippen molar-refractivity contribution in [1.82, 2.24) is 0 Å². The summed E-state index contributed by atoms with van der Waals surface area (Å²) in [4.78, 5) is 14.4. The fourth-order valence-electron chi connectivity index (χ4n) is 3.79. The molecule has 0 spiro atoms. The summed E-state index contributed by atoms with van der Waals surface area (Å²) in [5.74, 6) is -1.41. The molecule has 2 aromatic carbocycles. The van der Waals surface area contributed by atoms with Gasteiger partial charge in [0.2, 0.25) is 5.91 Å². The summed E-state index contributed by atoms with van der Waals surface area (Å²) in [6.07, 6.45) is -0.864. The SMILES string of the molecule is CC1(C)C(=O)N(C2c3cccc(F)c3OC2CO)c2c(F)cccc21. The van der Waals surface area contributed by atoms with E-state index in [-0.39, 0.29) is 17.3 Å². The lowest BCUT2D eigenvalue weighted by Gasteiger charge is -2.29. The van der Waals surface area contributed by atoms with Gasteiger partial charge in [-0.15, -0.1) is 0 Å². The molecule has 2 aliphatic rings. The van der Waals surface area contributed by atoms with E-state index in [1.165, 1.54) is 23.1 Å². The van der Waals surface area contributed by atoms with Gasteiger partial charge in [-0.05, 0) is 31.5 Å². The van der Waals surface area contributed by atoms with Crippen LogP contribution in [0.25, 0.3) is 0 Å². The highest BCUT2D eigenvalue weighted by Gasteiger charge is 2.52. The Labute approximate surface area is 143 Å². The van der Waals surface area contributed by atoms with Crippen LogP contribution in [0.1, 0.15) is 31.0 Å². The molecule has 2 atom stereocenters. The summed E-state index contributed by atoms with van der Waals surface area (Å²) in [6.45, 7) is 3.03. The third-order valence-corrected chi connectivity index (χ3v) is 5.05. The Bertz CT molecular complexity index is 881. The topological polar surface area (TPSA) is 49.8 Å². The third-order valence-electron chi connectivity index (χ3n) is 5.05. The van der Waals surface area contributed by atoms with Crippen LogP contribution in [0.3, 0.4) is 0 Å². The Balaban J connectivity index is 1.94. The molecule has 0 fully saturated rings. The highest BCUT2D eigenvalue weighted by molar-refractivity contribution is 6.08. The molecule has 6 heteroatoms. The zero-order valence-corrected chi connectivity index (χ0v) is 13.8. The first-order chi connectivity index (χ1) is 11.9. The number of halogens is 2. The van der Waals surface area contributed by atoms with E-state index in [2.05, 4.69) is 0 Å². The molecule has 4 nitrogen and oxygen atoms in total. The molecule has 1 amide bonds. The highest BCUT2D eigenvalue weighted by atomic mass is 19.1. The van der Waals surface area contributed by atoms with E-state index < -0.39 is 35.8 Å². The minimum Gasteiger partial charge on any atom is -0.482 e. The summed E-state index contributed by atoms with van der Waals surface area (Å²) in [5.41, 5.74) is 0.244. The molecule has 2 unspecified atom stereocenters. The standard InChI is InChI=1S/C19H17F2NO3/c1-19(2)11-6-4-7-12(20)16(11)22(18(19)24)15-10-5-3-8-13(21)17(10)25-14(15)9-23/h3-8,14-15,23H,9H2,1-2H3. The van der Waals surface area contributed by atoms with Gasteiger partial charge in [0.25, 0.3) is 0 Å². The number of para-hydroxylation sites is 2. The summed E-state index contributed by atoms with van der Waals surface area (Å²) in [7, 11) is 0. The number of anilines is 1. The molecule has 2 aliphatic heterocycles. The van der Waals surface area contributed by atoms with E-state index in [9.17, 15) is 18.7 Å². The molecule has 130 valence electrons. The zero-order chi connectivity index (χ0) is 17.9. The Morgan fingerprint density at radius 3 is 2.56 bits per heavy atom. The van der Waals surface area contributed by atoms with Crippen LogP contribution in [-0.2, 0) is 10.2 Å². The van der Waals surface area contributed by atoms with E-state index in [1.807, 2.05) is 0 Å². The molecule has 4 rings (SSSR count). The first-order valence-corrected chi connectivity index (χ1v) is 8.06. The molecule has 0 radical (unpaired) electrons. The maximum Gasteiger partial charge on any atom is 0.237 e. The van der Waals surface area contributed by atoms with Crippen molar-refractivity contribution >= 4 is 11.6 Å². The number of ether oxygens (including phenoxy) is 1. The number of amides is 1. The summed E-state index contributed by atoms with van der Waals surface area (Å²) in [6, 6.07) is 8.18. The fraction of sp³-hybridized carbons (Fsp3) is 0.316. The van der Waals surface area contributed by atoms with E-state index >= 15 is 0 Å². The normalized spacial score (nSPS) is 23.4. The summed E-state index contributed by atoms with van der Waals surface area (Å²) >= 11 is 0. The van der Waals surface area contributed by atoms with Crippen LogP contribution in [0.2, 0.25) is 0 Å². The Morgan fingerprint density at radius 2 is 1.84 bits per heavy atom. The number of rotatable bonds is 2. The van der Waals surface area contributed by atoms with Gasteiger partial charge in [-0.2, -0.15) is 0 Å². The van der Waals surface area contributed by atoms with Crippen LogP contribution in [0.15, 0.2) is 36.4 Å². The quantitative estimate of drug-likeness (QED) is 0.910. The molecule has 0 saturated carbocycles. The van der Waals surface area contributed by atoms with Gasteiger partial charge in [-0.25, -0.2) is 8.78 Å². The number of fused-ring (bicyclic) bond motifs is 2. The van der Waals surface area contributed by atoms with Crippen LogP contribution >= 0.6 is 0 Å². The monoisotopic (exact) mass is 345 g/mol. The Hall–Kier alpha value is -2.47. The van der Waals surface area contributed by atoms with Gasteiger partial charge in [-0.1, -0.05) is 24.3 Å². The summed E-state index contributed by atoms with van der Waals surface area (Å²) < 4.78 is 34.3. The Morgan fingerprint density at radius 1 is 1.16 bits per heavy atom. The number of nitrogens with zero attached hydrogens (tertiary/aromatic N) is 1. The molecule has 2 aromatic rings. The number of hydrogen-bond acceptors (Lipinski definition) is 3. The first-order valence-electron chi connectivity index (χ1n) is 8.06. The lowest BCUT2D eigenvalue weighted by molar-refractivity contribution is -0.123. The van der Waals surface area contributed by atoms with E-state index in [0.29, 0.717) is 11.1 Å². The van der Waals surface area contributed by atoms with Gasteiger partial charge >= 0.3 is 0 Å². The average Bonchev–Trinajstić information content (AvgIpc) is 3.04. The first kappa shape index (κ1) is 16.0. The van der Waals surface area contributed by atoms with Crippen LogP contribution in [0, 0.1) is 11.6 Å².